The minimum absolute atomic E-state index is 0.672. The Balaban J connectivity index is 1.94. The Labute approximate surface area is 151 Å². The summed E-state index contributed by atoms with van der Waals surface area (Å²) in [6.07, 6.45) is 0. The van der Waals surface area contributed by atoms with Gasteiger partial charge in [0.05, 0.1) is 11.1 Å². The molecule has 4 aromatic carbocycles. The van der Waals surface area contributed by atoms with Crippen molar-refractivity contribution in [3.8, 4) is 34.4 Å². The molecule has 0 atom stereocenters. The van der Waals surface area contributed by atoms with Crippen LogP contribution in [0.1, 0.15) is 22.3 Å². The predicted molar refractivity (Wildman–Crippen MR) is 105 cm³/mol. The van der Waals surface area contributed by atoms with Crippen LogP contribution in [0.4, 0.5) is 0 Å². The van der Waals surface area contributed by atoms with E-state index < -0.39 is 0 Å². The molecule has 4 aromatic rings. The second kappa shape index (κ2) is 4.94. The van der Waals surface area contributed by atoms with Gasteiger partial charge in [-0.05, 0) is 59.0 Å². The van der Waals surface area contributed by atoms with Crippen LogP contribution in [0.15, 0.2) is 48.5 Å². The van der Waals surface area contributed by atoms with Gasteiger partial charge in [-0.1, -0.05) is 36.4 Å². The number of benzene rings is 4. The van der Waals surface area contributed by atoms with Gasteiger partial charge < -0.3 is 0 Å². The van der Waals surface area contributed by atoms with E-state index >= 15 is 0 Å². The van der Waals surface area contributed by atoms with Crippen LogP contribution < -0.4 is 0 Å². The van der Waals surface area contributed by atoms with E-state index in [2.05, 4.69) is 50.3 Å². The molecule has 2 heteroatoms. The molecule has 120 valence electrons. The number of rotatable bonds is 0. The average molecular weight is 330 g/mol. The Morgan fingerprint density at radius 3 is 1.46 bits per heavy atom. The Morgan fingerprint density at radius 2 is 1.08 bits per heavy atom. The zero-order valence-corrected chi connectivity index (χ0v) is 14.5. The second-order valence-corrected chi connectivity index (χ2v) is 6.95. The van der Waals surface area contributed by atoms with Gasteiger partial charge in [-0.25, -0.2) is 0 Å². The minimum Gasteiger partial charge on any atom is -0.192 e. The third-order valence-corrected chi connectivity index (χ3v) is 5.57. The average Bonchev–Trinajstić information content (AvgIpc) is 2.65. The van der Waals surface area contributed by atoms with Gasteiger partial charge in [-0.2, -0.15) is 10.5 Å². The molecular weight excluding hydrogens is 316 g/mol. The summed E-state index contributed by atoms with van der Waals surface area (Å²) in [4.78, 5) is 0. The topological polar surface area (TPSA) is 47.6 Å². The Kier molecular flexibility index (Phi) is 2.80. The maximum atomic E-state index is 9.82. The third kappa shape index (κ3) is 1.69. The normalized spacial score (nSPS) is 11.4. The molecule has 0 radical (unpaired) electrons. The van der Waals surface area contributed by atoms with Crippen LogP contribution in [0.3, 0.4) is 0 Å². The first-order valence-corrected chi connectivity index (χ1v) is 8.58. The fraction of sp³-hybridized carbons (Fsp3) is 0.0833. The van der Waals surface area contributed by atoms with Gasteiger partial charge in [0.15, 0.2) is 0 Å². The smallest absolute Gasteiger partial charge is 0.100 e. The minimum atomic E-state index is 0.672. The van der Waals surface area contributed by atoms with Crippen molar-refractivity contribution >= 4 is 21.5 Å². The lowest BCUT2D eigenvalue weighted by molar-refractivity contribution is 1.36. The molecule has 0 saturated heterocycles. The lowest BCUT2D eigenvalue weighted by Crippen LogP contribution is -2.06. The van der Waals surface area contributed by atoms with Crippen molar-refractivity contribution in [2.24, 2.45) is 0 Å². The van der Waals surface area contributed by atoms with Gasteiger partial charge in [0.25, 0.3) is 0 Å². The van der Waals surface area contributed by atoms with E-state index in [9.17, 15) is 10.5 Å². The monoisotopic (exact) mass is 330 g/mol. The molecule has 0 heterocycles. The van der Waals surface area contributed by atoms with Crippen LogP contribution in [0.2, 0.25) is 0 Å². The first kappa shape index (κ1) is 14.7. The van der Waals surface area contributed by atoms with E-state index in [0.717, 1.165) is 33.0 Å². The fourth-order valence-electron chi connectivity index (χ4n) is 4.14. The van der Waals surface area contributed by atoms with E-state index in [1.165, 1.54) is 21.9 Å². The number of aryl methyl sites for hydroxylation is 2. The third-order valence-electron chi connectivity index (χ3n) is 5.57. The van der Waals surface area contributed by atoms with Gasteiger partial charge in [-0.3, -0.25) is 0 Å². The van der Waals surface area contributed by atoms with Crippen molar-refractivity contribution in [3.05, 3.63) is 70.8 Å². The second-order valence-electron chi connectivity index (χ2n) is 6.95. The van der Waals surface area contributed by atoms with E-state index in [-0.39, 0.29) is 0 Å². The van der Waals surface area contributed by atoms with Crippen molar-refractivity contribution in [3.63, 3.8) is 0 Å². The highest BCUT2D eigenvalue weighted by molar-refractivity contribution is 6.17. The Morgan fingerprint density at radius 1 is 0.654 bits per heavy atom. The van der Waals surface area contributed by atoms with Gasteiger partial charge in [-0.15, -0.1) is 0 Å². The van der Waals surface area contributed by atoms with Gasteiger partial charge >= 0.3 is 0 Å². The summed E-state index contributed by atoms with van der Waals surface area (Å²) in [6.45, 7) is 4.23. The van der Waals surface area contributed by atoms with E-state index in [4.69, 9.17) is 0 Å². The summed E-state index contributed by atoms with van der Waals surface area (Å²) in [7, 11) is 0. The fourth-order valence-corrected chi connectivity index (χ4v) is 4.14. The Bertz CT molecular complexity index is 1260. The van der Waals surface area contributed by atoms with Crippen molar-refractivity contribution < 1.29 is 0 Å². The van der Waals surface area contributed by atoms with E-state index in [0.29, 0.717) is 11.1 Å². The van der Waals surface area contributed by atoms with Crippen LogP contribution in [0.25, 0.3) is 43.8 Å². The molecule has 0 aliphatic heterocycles. The highest BCUT2D eigenvalue weighted by atomic mass is 14.4. The highest BCUT2D eigenvalue weighted by Gasteiger charge is 2.31. The summed E-state index contributed by atoms with van der Waals surface area (Å²) >= 11 is 0. The molecule has 5 rings (SSSR count). The number of fused-ring (bicyclic) bond motifs is 6. The molecular formula is C24H14N2. The first-order valence-electron chi connectivity index (χ1n) is 8.58. The molecule has 0 aromatic heterocycles. The lowest BCUT2D eigenvalue weighted by Gasteiger charge is -2.28. The van der Waals surface area contributed by atoms with Gasteiger partial charge in [0.2, 0.25) is 0 Å². The van der Waals surface area contributed by atoms with Crippen molar-refractivity contribution in [1.82, 2.24) is 0 Å². The molecule has 0 amide bonds. The number of hydrogen-bond acceptors (Lipinski definition) is 2. The summed E-state index contributed by atoms with van der Waals surface area (Å²) in [5, 5.41) is 23.7. The number of nitriles is 2. The summed E-state index contributed by atoms with van der Waals surface area (Å²) in [5.41, 5.74) is 7.87. The van der Waals surface area contributed by atoms with Crippen molar-refractivity contribution in [2.75, 3.05) is 0 Å². The summed E-state index contributed by atoms with van der Waals surface area (Å²) in [5.74, 6) is 0. The molecule has 1 aliphatic carbocycles. The van der Waals surface area contributed by atoms with Gasteiger partial charge in [0, 0.05) is 21.9 Å². The van der Waals surface area contributed by atoms with Gasteiger partial charge in [0.1, 0.15) is 12.1 Å². The van der Waals surface area contributed by atoms with Crippen molar-refractivity contribution in [1.29, 1.82) is 10.5 Å². The Hall–Kier alpha value is -3.62. The van der Waals surface area contributed by atoms with E-state index in [1.54, 1.807) is 0 Å². The molecule has 2 nitrogen and oxygen atoms in total. The maximum Gasteiger partial charge on any atom is 0.100 e. The predicted octanol–water partition coefficient (Wildman–Crippen LogP) is 6.00. The lowest BCUT2D eigenvalue weighted by atomic mass is 9.72. The van der Waals surface area contributed by atoms with Crippen LogP contribution in [0.5, 0.6) is 0 Å². The maximum absolute atomic E-state index is 9.82. The molecule has 0 saturated carbocycles. The summed E-state index contributed by atoms with van der Waals surface area (Å²) < 4.78 is 0. The standard InChI is InChI=1S/C24H14N2/c1-13-7-15-9-19-20(10-16(15)8-14(13)2)24-22(12-26)18-6-4-3-5-17(18)21(11-25)23(19)24/h3-10H,1-2H3. The zero-order chi connectivity index (χ0) is 18.0. The molecule has 0 spiro atoms. The SMILES string of the molecule is Cc1cc2cc3c(cc2cc1C)-c1c-3c(C#N)c2ccccc2c1C#N. The molecule has 0 fully saturated rings. The highest BCUT2D eigenvalue weighted by Crippen LogP contribution is 2.54. The van der Waals surface area contributed by atoms with Crippen LogP contribution in [-0.2, 0) is 0 Å². The largest absolute Gasteiger partial charge is 0.192 e. The summed E-state index contributed by atoms with van der Waals surface area (Å²) in [6, 6.07) is 21.2. The molecule has 26 heavy (non-hydrogen) atoms. The molecule has 0 N–H and O–H groups in total. The molecule has 0 bridgehead atoms. The van der Waals surface area contributed by atoms with Crippen molar-refractivity contribution in [2.45, 2.75) is 13.8 Å². The first-order chi connectivity index (χ1) is 12.6. The zero-order valence-electron chi connectivity index (χ0n) is 14.5. The van der Waals surface area contributed by atoms with E-state index in [1.807, 2.05) is 24.3 Å². The van der Waals surface area contributed by atoms with Crippen LogP contribution >= 0.6 is 0 Å². The molecule has 1 aliphatic rings. The van der Waals surface area contributed by atoms with Crippen LogP contribution in [0, 0.1) is 36.5 Å². The number of nitrogens with zero attached hydrogens (tertiary/aromatic N) is 2. The van der Waals surface area contributed by atoms with Crippen LogP contribution in [-0.4, -0.2) is 0 Å². The number of hydrogen-bond donors (Lipinski definition) is 0. The quantitative estimate of drug-likeness (QED) is 0.349. The molecule has 0 unspecified atom stereocenters.